The second-order valence-electron chi connectivity index (χ2n) is 7.58. The number of carbonyl (C=O) groups excluding carboxylic acids is 2. The number of amides is 1. The van der Waals surface area contributed by atoms with Crippen molar-refractivity contribution in [2.75, 3.05) is 10.4 Å². The molecule has 2 N–H and O–H groups in total. The number of aromatic nitrogens is 6. The quantitative estimate of drug-likeness (QED) is 0.324. The van der Waals surface area contributed by atoms with Gasteiger partial charge in [-0.3, -0.25) is 14.6 Å². The van der Waals surface area contributed by atoms with Crippen LogP contribution in [0.5, 0.6) is 0 Å². The van der Waals surface area contributed by atoms with Gasteiger partial charge in [-0.2, -0.15) is 23.4 Å². The molecule has 0 saturated carbocycles. The number of hydroxylamine groups is 1. The summed E-state index contributed by atoms with van der Waals surface area (Å²) < 4.78 is 40.0. The minimum atomic E-state index is -5.32. The highest BCUT2D eigenvalue weighted by atomic mass is 32.1. The van der Waals surface area contributed by atoms with Crippen molar-refractivity contribution in [2.45, 2.75) is 6.18 Å². The van der Waals surface area contributed by atoms with Crippen LogP contribution < -0.4 is 10.4 Å². The Morgan fingerprint density at radius 1 is 1.14 bits per heavy atom. The van der Waals surface area contributed by atoms with E-state index in [4.69, 9.17) is 0 Å². The predicted octanol–water partition coefficient (Wildman–Crippen LogP) is 4.23. The Labute approximate surface area is 209 Å². The maximum atomic E-state index is 13.0. The smallest absolute Gasteiger partial charge is 0.330 e. The number of carbonyl (C=O) groups is 2. The van der Waals surface area contributed by atoms with Crippen molar-refractivity contribution in [3.8, 4) is 10.6 Å². The molecule has 0 atom stereocenters. The molecule has 3 aromatic heterocycles. The SMILES string of the molecule is Cn1nccc1C(=O)N(OC(=O)C(F)(F)F)c1cccc(-c2nnc(Nc3ccc4[nH]ncc4c3)s2)c1. The highest BCUT2D eigenvalue weighted by molar-refractivity contribution is 7.18. The van der Waals surface area contributed by atoms with Crippen molar-refractivity contribution < 1.29 is 27.6 Å². The first-order valence-corrected chi connectivity index (χ1v) is 11.3. The van der Waals surface area contributed by atoms with Crippen LogP contribution in [0.3, 0.4) is 0 Å². The fourth-order valence-electron chi connectivity index (χ4n) is 3.33. The topological polar surface area (TPSA) is 131 Å². The highest BCUT2D eigenvalue weighted by Crippen LogP contribution is 2.32. The van der Waals surface area contributed by atoms with Gasteiger partial charge in [0.2, 0.25) is 5.13 Å². The van der Waals surface area contributed by atoms with Crippen molar-refractivity contribution in [1.82, 2.24) is 30.2 Å². The van der Waals surface area contributed by atoms with Gasteiger partial charge in [0.25, 0.3) is 0 Å². The molecular weight excluding hydrogens is 513 g/mol. The minimum Gasteiger partial charge on any atom is -0.330 e. The van der Waals surface area contributed by atoms with Crippen LogP contribution in [0.25, 0.3) is 21.5 Å². The molecular formula is C22H15F3N8O3S. The Morgan fingerprint density at radius 2 is 1.97 bits per heavy atom. The first kappa shape index (κ1) is 23.9. The van der Waals surface area contributed by atoms with Gasteiger partial charge in [-0.25, -0.2) is 4.79 Å². The van der Waals surface area contributed by atoms with Crippen molar-refractivity contribution >= 4 is 50.6 Å². The van der Waals surface area contributed by atoms with Crippen molar-refractivity contribution in [3.63, 3.8) is 0 Å². The van der Waals surface area contributed by atoms with Crippen LogP contribution >= 0.6 is 11.3 Å². The normalized spacial score (nSPS) is 11.5. The lowest BCUT2D eigenvalue weighted by Crippen LogP contribution is -2.39. The van der Waals surface area contributed by atoms with Crippen LogP contribution in [0, 0.1) is 0 Å². The Morgan fingerprint density at radius 3 is 2.73 bits per heavy atom. The molecule has 0 unspecified atom stereocenters. The van der Waals surface area contributed by atoms with E-state index in [-0.39, 0.29) is 16.4 Å². The Hall–Kier alpha value is -4.79. The molecule has 0 fully saturated rings. The number of anilines is 3. The molecule has 0 spiro atoms. The molecule has 1 amide bonds. The van der Waals surface area contributed by atoms with Crippen LogP contribution in [0.15, 0.2) is 60.9 Å². The van der Waals surface area contributed by atoms with Crippen molar-refractivity contribution in [1.29, 1.82) is 0 Å². The summed E-state index contributed by atoms with van der Waals surface area (Å²) in [6, 6.07) is 12.6. The van der Waals surface area contributed by atoms with E-state index >= 15 is 0 Å². The van der Waals surface area contributed by atoms with Gasteiger partial charge in [0, 0.05) is 29.9 Å². The third-order valence-corrected chi connectivity index (χ3v) is 5.96. The molecule has 37 heavy (non-hydrogen) atoms. The number of benzene rings is 2. The molecule has 5 aromatic rings. The van der Waals surface area contributed by atoms with E-state index < -0.39 is 18.1 Å². The molecule has 0 radical (unpaired) electrons. The summed E-state index contributed by atoms with van der Waals surface area (Å²) in [4.78, 5) is 29.1. The highest BCUT2D eigenvalue weighted by Gasteiger charge is 2.44. The average molecular weight is 528 g/mol. The zero-order valence-corrected chi connectivity index (χ0v) is 19.5. The first-order chi connectivity index (χ1) is 17.7. The molecule has 0 saturated heterocycles. The molecule has 15 heteroatoms. The Bertz CT molecular complexity index is 1610. The zero-order valence-electron chi connectivity index (χ0n) is 18.7. The first-order valence-electron chi connectivity index (χ1n) is 10.4. The lowest BCUT2D eigenvalue weighted by molar-refractivity contribution is -0.200. The van der Waals surface area contributed by atoms with Gasteiger partial charge >= 0.3 is 18.1 Å². The van der Waals surface area contributed by atoms with Gasteiger partial charge in [0.05, 0.1) is 17.4 Å². The van der Waals surface area contributed by atoms with Gasteiger partial charge < -0.3 is 10.2 Å². The van der Waals surface area contributed by atoms with E-state index in [1.54, 1.807) is 12.3 Å². The summed E-state index contributed by atoms with van der Waals surface area (Å²) in [6.07, 6.45) is -2.35. The van der Waals surface area contributed by atoms with E-state index in [0.717, 1.165) is 21.3 Å². The largest absolute Gasteiger partial charge is 0.493 e. The molecule has 188 valence electrons. The van der Waals surface area contributed by atoms with E-state index in [0.29, 0.717) is 15.7 Å². The Kier molecular flexibility index (Phi) is 6.04. The fraction of sp³-hybridized carbons (Fsp3) is 0.0909. The number of aromatic amines is 1. The second kappa shape index (κ2) is 9.34. The number of aryl methyl sites for hydroxylation is 1. The number of rotatable bonds is 5. The minimum absolute atomic E-state index is 0.0997. The van der Waals surface area contributed by atoms with Crippen LogP contribution in [0.4, 0.5) is 29.7 Å². The number of halogens is 3. The molecule has 3 heterocycles. The average Bonchev–Trinajstić information content (AvgIpc) is 3.62. The molecule has 5 rings (SSSR count). The molecule has 2 aromatic carbocycles. The summed E-state index contributed by atoms with van der Waals surface area (Å²) in [6.45, 7) is 0. The van der Waals surface area contributed by atoms with Crippen LogP contribution in [0.2, 0.25) is 0 Å². The lowest BCUT2D eigenvalue weighted by Gasteiger charge is -2.22. The number of fused-ring (bicyclic) bond motifs is 1. The summed E-state index contributed by atoms with van der Waals surface area (Å²) in [5.41, 5.74) is 1.82. The zero-order chi connectivity index (χ0) is 26.2. The summed E-state index contributed by atoms with van der Waals surface area (Å²) in [7, 11) is 1.42. The maximum Gasteiger partial charge on any atom is 0.493 e. The van der Waals surface area contributed by atoms with Crippen LogP contribution in [-0.4, -0.2) is 48.2 Å². The van der Waals surface area contributed by atoms with Gasteiger partial charge in [0.15, 0.2) is 0 Å². The van der Waals surface area contributed by atoms with Gasteiger partial charge in [-0.1, -0.05) is 23.5 Å². The maximum absolute atomic E-state index is 13.0. The third-order valence-electron chi connectivity index (χ3n) is 5.07. The molecule has 0 aliphatic rings. The van der Waals surface area contributed by atoms with E-state index in [1.165, 1.54) is 48.8 Å². The van der Waals surface area contributed by atoms with Crippen LogP contribution in [0.1, 0.15) is 10.5 Å². The van der Waals surface area contributed by atoms with Gasteiger partial charge in [-0.15, -0.1) is 15.3 Å². The molecule has 0 aliphatic carbocycles. The molecule has 0 aliphatic heterocycles. The number of hydrogen-bond acceptors (Lipinski definition) is 9. The molecule has 11 nitrogen and oxygen atoms in total. The monoisotopic (exact) mass is 528 g/mol. The standard InChI is InChI=1S/C22H15F3N8O3S/c1-32-17(7-8-27-32)19(34)33(36-20(35)22(23,24)25)15-4-2-3-12(10-15)18-30-31-21(37-18)28-14-5-6-16-13(9-14)11-26-29-16/h2-11H,1H3,(H,26,29)(H,28,31). The number of nitrogens with one attached hydrogen (secondary N) is 2. The van der Waals surface area contributed by atoms with Crippen molar-refractivity contribution in [3.05, 3.63) is 66.6 Å². The van der Waals surface area contributed by atoms with Crippen molar-refractivity contribution in [2.24, 2.45) is 7.05 Å². The summed E-state index contributed by atoms with van der Waals surface area (Å²) >= 11 is 1.17. The number of hydrogen-bond donors (Lipinski definition) is 2. The second-order valence-corrected chi connectivity index (χ2v) is 8.55. The molecule has 0 bridgehead atoms. The predicted molar refractivity (Wildman–Crippen MR) is 127 cm³/mol. The van der Waals surface area contributed by atoms with Gasteiger partial charge in [0.1, 0.15) is 10.7 Å². The number of alkyl halides is 3. The van der Waals surface area contributed by atoms with E-state index in [1.807, 2.05) is 18.2 Å². The summed E-state index contributed by atoms with van der Waals surface area (Å²) in [5, 5.41) is 24.1. The number of nitrogens with zero attached hydrogens (tertiary/aromatic N) is 6. The van der Waals surface area contributed by atoms with Gasteiger partial charge in [-0.05, 0) is 36.4 Å². The van der Waals surface area contributed by atoms with E-state index in [9.17, 15) is 22.8 Å². The fourth-order valence-corrected chi connectivity index (χ4v) is 4.09. The Balaban J connectivity index is 1.43. The number of H-pyrrole nitrogens is 1. The lowest BCUT2D eigenvalue weighted by atomic mass is 10.2. The van der Waals surface area contributed by atoms with E-state index in [2.05, 4.69) is 35.6 Å². The third kappa shape index (κ3) is 4.97. The summed E-state index contributed by atoms with van der Waals surface area (Å²) in [5.74, 6) is -3.57. The van der Waals surface area contributed by atoms with Crippen LogP contribution in [-0.2, 0) is 16.7 Å².